The van der Waals surface area contributed by atoms with Crippen LogP contribution in [-0.4, -0.2) is 48.4 Å². The molecule has 1 saturated heterocycles. The van der Waals surface area contributed by atoms with Crippen molar-refractivity contribution < 1.29 is 4.74 Å². The van der Waals surface area contributed by atoms with Gasteiger partial charge in [0.1, 0.15) is 0 Å². The van der Waals surface area contributed by atoms with Crippen LogP contribution in [-0.2, 0) is 17.8 Å². The first-order valence-corrected chi connectivity index (χ1v) is 7.52. The summed E-state index contributed by atoms with van der Waals surface area (Å²) in [6, 6.07) is 4.32. The van der Waals surface area contributed by atoms with Gasteiger partial charge in [-0.3, -0.25) is 4.90 Å². The highest BCUT2D eigenvalue weighted by Gasteiger charge is 2.18. The molecule has 0 radical (unpaired) electrons. The molecule has 0 aromatic carbocycles. The van der Waals surface area contributed by atoms with Crippen molar-refractivity contribution in [1.82, 2.24) is 14.8 Å². The number of aromatic nitrogens is 1. The van der Waals surface area contributed by atoms with E-state index in [2.05, 4.69) is 47.0 Å². The largest absolute Gasteiger partial charge is 0.374 e. The number of nitrogens with zero attached hydrogens (tertiary/aromatic N) is 2. The molecule has 1 fully saturated rings. The summed E-state index contributed by atoms with van der Waals surface area (Å²) in [6.07, 6.45) is 3.68. The summed E-state index contributed by atoms with van der Waals surface area (Å²) in [4.78, 5) is 2.45. The molecule has 0 saturated carbocycles. The quantitative estimate of drug-likeness (QED) is 0.814. The average molecular weight is 265 g/mol. The second kappa shape index (κ2) is 7.68. The summed E-state index contributed by atoms with van der Waals surface area (Å²) >= 11 is 0. The SMILES string of the molecule is CCCn1cccc1CNCC1CN(CC)CCO1. The lowest BCUT2D eigenvalue weighted by Gasteiger charge is -2.32. The highest BCUT2D eigenvalue weighted by molar-refractivity contribution is 5.06. The Morgan fingerprint density at radius 2 is 2.32 bits per heavy atom. The smallest absolute Gasteiger partial charge is 0.0826 e. The number of hydrogen-bond acceptors (Lipinski definition) is 3. The molecule has 108 valence electrons. The predicted molar refractivity (Wildman–Crippen MR) is 78.3 cm³/mol. The number of ether oxygens (including phenoxy) is 1. The van der Waals surface area contributed by atoms with Crippen molar-refractivity contribution in [2.45, 2.75) is 39.5 Å². The Hall–Kier alpha value is -0.840. The lowest BCUT2D eigenvalue weighted by Crippen LogP contribution is -2.46. The van der Waals surface area contributed by atoms with Crippen LogP contribution in [0.25, 0.3) is 0 Å². The van der Waals surface area contributed by atoms with Gasteiger partial charge in [-0.15, -0.1) is 0 Å². The normalized spacial score (nSPS) is 20.8. The Morgan fingerprint density at radius 1 is 1.42 bits per heavy atom. The van der Waals surface area contributed by atoms with Crippen LogP contribution in [0, 0.1) is 0 Å². The van der Waals surface area contributed by atoms with Gasteiger partial charge in [0.2, 0.25) is 0 Å². The maximum absolute atomic E-state index is 5.80. The molecule has 1 aromatic rings. The Bertz CT molecular complexity index is 364. The number of morpholine rings is 1. The van der Waals surface area contributed by atoms with E-state index in [0.717, 1.165) is 45.9 Å². The van der Waals surface area contributed by atoms with Gasteiger partial charge in [0, 0.05) is 44.6 Å². The van der Waals surface area contributed by atoms with Gasteiger partial charge < -0.3 is 14.6 Å². The molecule has 1 unspecified atom stereocenters. The Balaban J connectivity index is 1.72. The van der Waals surface area contributed by atoms with Crippen molar-refractivity contribution in [3.63, 3.8) is 0 Å². The van der Waals surface area contributed by atoms with Gasteiger partial charge in [0.05, 0.1) is 12.7 Å². The van der Waals surface area contributed by atoms with Gasteiger partial charge >= 0.3 is 0 Å². The van der Waals surface area contributed by atoms with Crippen molar-refractivity contribution in [1.29, 1.82) is 0 Å². The lowest BCUT2D eigenvalue weighted by atomic mass is 10.2. The van der Waals surface area contributed by atoms with Gasteiger partial charge in [-0.25, -0.2) is 0 Å². The van der Waals surface area contributed by atoms with Crippen molar-refractivity contribution in [2.75, 3.05) is 32.8 Å². The van der Waals surface area contributed by atoms with Gasteiger partial charge in [-0.1, -0.05) is 13.8 Å². The number of nitrogens with one attached hydrogen (secondary N) is 1. The molecule has 2 heterocycles. The van der Waals surface area contributed by atoms with E-state index in [-0.39, 0.29) is 0 Å². The summed E-state index contributed by atoms with van der Waals surface area (Å²) in [5, 5.41) is 3.53. The standard InChI is InChI=1S/C15H27N3O/c1-3-7-18-8-5-6-14(18)11-16-12-15-13-17(4-2)9-10-19-15/h5-6,8,15-16H,3-4,7,9-13H2,1-2H3. The minimum atomic E-state index is 0.336. The lowest BCUT2D eigenvalue weighted by molar-refractivity contribution is -0.0254. The highest BCUT2D eigenvalue weighted by atomic mass is 16.5. The molecule has 0 aliphatic carbocycles. The fourth-order valence-corrected chi connectivity index (χ4v) is 2.62. The van der Waals surface area contributed by atoms with Crippen molar-refractivity contribution in [2.24, 2.45) is 0 Å². The zero-order valence-electron chi connectivity index (χ0n) is 12.3. The average Bonchev–Trinajstić information content (AvgIpc) is 2.87. The summed E-state index contributed by atoms with van der Waals surface area (Å²) in [5.74, 6) is 0. The van der Waals surface area contributed by atoms with Gasteiger partial charge in [-0.2, -0.15) is 0 Å². The third kappa shape index (κ3) is 4.34. The Morgan fingerprint density at radius 3 is 3.11 bits per heavy atom. The van der Waals surface area contributed by atoms with E-state index in [4.69, 9.17) is 4.74 Å². The maximum atomic E-state index is 5.80. The first-order valence-electron chi connectivity index (χ1n) is 7.52. The summed E-state index contributed by atoms with van der Waals surface area (Å²) in [7, 11) is 0. The van der Waals surface area contributed by atoms with E-state index in [1.165, 1.54) is 12.1 Å². The third-order valence-corrected chi connectivity index (χ3v) is 3.74. The zero-order chi connectivity index (χ0) is 13.5. The maximum Gasteiger partial charge on any atom is 0.0826 e. The third-order valence-electron chi connectivity index (χ3n) is 3.74. The monoisotopic (exact) mass is 265 g/mol. The van der Waals surface area contributed by atoms with Crippen molar-refractivity contribution in [3.05, 3.63) is 24.0 Å². The van der Waals surface area contributed by atoms with Crippen LogP contribution < -0.4 is 5.32 Å². The molecule has 1 atom stereocenters. The topological polar surface area (TPSA) is 29.4 Å². The van der Waals surface area contributed by atoms with E-state index in [1.54, 1.807) is 0 Å². The number of likely N-dealkylation sites (N-methyl/N-ethyl adjacent to an activating group) is 1. The molecule has 1 aliphatic rings. The molecule has 0 bridgehead atoms. The summed E-state index contributed by atoms with van der Waals surface area (Å²) < 4.78 is 8.12. The van der Waals surface area contributed by atoms with Crippen LogP contribution in [0.5, 0.6) is 0 Å². The minimum absolute atomic E-state index is 0.336. The summed E-state index contributed by atoms with van der Waals surface area (Å²) in [5.41, 5.74) is 1.37. The number of aryl methyl sites for hydroxylation is 1. The summed E-state index contributed by atoms with van der Waals surface area (Å²) in [6.45, 7) is 11.5. The second-order valence-corrected chi connectivity index (χ2v) is 5.21. The number of hydrogen-bond donors (Lipinski definition) is 1. The van der Waals surface area contributed by atoms with Gasteiger partial charge in [0.25, 0.3) is 0 Å². The van der Waals surface area contributed by atoms with Gasteiger partial charge in [-0.05, 0) is 25.1 Å². The van der Waals surface area contributed by atoms with Crippen molar-refractivity contribution in [3.8, 4) is 0 Å². The molecule has 19 heavy (non-hydrogen) atoms. The van der Waals surface area contributed by atoms with Crippen LogP contribution in [0.3, 0.4) is 0 Å². The second-order valence-electron chi connectivity index (χ2n) is 5.21. The molecule has 4 nitrogen and oxygen atoms in total. The number of rotatable bonds is 7. The van der Waals surface area contributed by atoms with E-state index in [0.29, 0.717) is 6.10 Å². The molecule has 2 rings (SSSR count). The molecule has 1 aliphatic heterocycles. The Labute approximate surface area is 116 Å². The molecular weight excluding hydrogens is 238 g/mol. The molecule has 4 heteroatoms. The first kappa shape index (κ1) is 14.6. The zero-order valence-corrected chi connectivity index (χ0v) is 12.3. The minimum Gasteiger partial charge on any atom is -0.374 e. The van der Waals surface area contributed by atoms with Crippen LogP contribution in [0.15, 0.2) is 18.3 Å². The van der Waals surface area contributed by atoms with Crippen LogP contribution in [0.1, 0.15) is 26.0 Å². The van der Waals surface area contributed by atoms with Crippen LogP contribution >= 0.6 is 0 Å². The van der Waals surface area contributed by atoms with Crippen LogP contribution in [0.2, 0.25) is 0 Å². The predicted octanol–water partition coefficient (Wildman–Crippen LogP) is 1.71. The van der Waals surface area contributed by atoms with E-state index in [9.17, 15) is 0 Å². The molecule has 1 aromatic heterocycles. The van der Waals surface area contributed by atoms with Gasteiger partial charge in [0.15, 0.2) is 0 Å². The van der Waals surface area contributed by atoms with E-state index >= 15 is 0 Å². The molecule has 1 N–H and O–H groups in total. The fourth-order valence-electron chi connectivity index (χ4n) is 2.62. The molecular formula is C15H27N3O. The highest BCUT2D eigenvalue weighted by Crippen LogP contribution is 2.06. The van der Waals surface area contributed by atoms with E-state index in [1.807, 2.05) is 0 Å². The Kier molecular flexibility index (Phi) is 5.89. The first-order chi connectivity index (χ1) is 9.33. The van der Waals surface area contributed by atoms with E-state index < -0.39 is 0 Å². The van der Waals surface area contributed by atoms with Crippen molar-refractivity contribution >= 4 is 0 Å². The fraction of sp³-hybridized carbons (Fsp3) is 0.733. The van der Waals surface area contributed by atoms with Crippen LogP contribution in [0.4, 0.5) is 0 Å². The molecule has 0 spiro atoms. The molecule has 0 amide bonds.